The van der Waals surface area contributed by atoms with Gasteiger partial charge in [0.2, 0.25) is 0 Å². The molecule has 0 aromatic rings. The van der Waals surface area contributed by atoms with Crippen LogP contribution < -0.4 is 5.32 Å². The van der Waals surface area contributed by atoms with Crippen molar-refractivity contribution in [1.29, 1.82) is 0 Å². The fraction of sp³-hybridized carbons (Fsp3) is 1.00. The van der Waals surface area contributed by atoms with Crippen LogP contribution in [0.1, 0.15) is 44.9 Å². The van der Waals surface area contributed by atoms with Crippen molar-refractivity contribution in [1.82, 2.24) is 5.32 Å². The molecule has 0 spiro atoms. The smallest absolute Gasteiger partial charge is 0.0592 e. The summed E-state index contributed by atoms with van der Waals surface area (Å²) in [7, 11) is 0. The molecule has 0 bridgehead atoms. The molecular formula is C12H23NO. The Labute approximate surface area is 87.1 Å². The van der Waals surface area contributed by atoms with Gasteiger partial charge < -0.3 is 10.4 Å². The third kappa shape index (κ3) is 2.71. The third-order valence-corrected chi connectivity index (χ3v) is 3.93. The molecular weight excluding hydrogens is 174 g/mol. The molecule has 2 heteroatoms. The lowest BCUT2D eigenvalue weighted by Gasteiger charge is -2.32. The molecule has 0 aromatic carbocycles. The maximum atomic E-state index is 9.86. The summed E-state index contributed by atoms with van der Waals surface area (Å²) in [5.74, 6) is 1.44. The lowest BCUT2D eigenvalue weighted by molar-refractivity contribution is 0.0612. The molecule has 0 radical (unpaired) electrons. The molecule has 2 nitrogen and oxygen atoms in total. The molecule has 2 atom stereocenters. The summed E-state index contributed by atoms with van der Waals surface area (Å²) >= 11 is 0. The SMILES string of the molecule is OC1CCNCC1CC1CCCCC1. The molecule has 0 aromatic heterocycles. The summed E-state index contributed by atoms with van der Waals surface area (Å²) in [4.78, 5) is 0. The molecule has 1 heterocycles. The van der Waals surface area contributed by atoms with Crippen LogP contribution in [0.2, 0.25) is 0 Å². The van der Waals surface area contributed by atoms with Gasteiger partial charge in [-0.2, -0.15) is 0 Å². The summed E-state index contributed by atoms with van der Waals surface area (Å²) < 4.78 is 0. The monoisotopic (exact) mass is 197 g/mol. The van der Waals surface area contributed by atoms with Crippen molar-refractivity contribution in [3.05, 3.63) is 0 Å². The standard InChI is InChI=1S/C12H23NO/c14-12-6-7-13-9-11(12)8-10-4-2-1-3-5-10/h10-14H,1-9H2. The van der Waals surface area contributed by atoms with E-state index in [2.05, 4.69) is 5.32 Å². The fourth-order valence-electron chi connectivity index (χ4n) is 3.00. The predicted octanol–water partition coefficient (Wildman–Crippen LogP) is 1.93. The fourth-order valence-corrected chi connectivity index (χ4v) is 3.00. The highest BCUT2D eigenvalue weighted by Gasteiger charge is 2.26. The van der Waals surface area contributed by atoms with Crippen LogP contribution in [0.15, 0.2) is 0 Å². The van der Waals surface area contributed by atoms with Crippen molar-refractivity contribution in [2.45, 2.75) is 51.0 Å². The van der Waals surface area contributed by atoms with Crippen LogP contribution in [0.4, 0.5) is 0 Å². The van der Waals surface area contributed by atoms with E-state index < -0.39 is 0 Å². The number of rotatable bonds is 2. The molecule has 0 amide bonds. The van der Waals surface area contributed by atoms with Crippen LogP contribution in [-0.4, -0.2) is 24.3 Å². The maximum absolute atomic E-state index is 9.86. The van der Waals surface area contributed by atoms with Crippen molar-refractivity contribution in [3.8, 4) is 0 Å². The highest BCUT2D eigenvalue weighted by atomic mass is 16.3. The van der Waals surface area contributed by atoms with Gasteiger partial charge in [-0.05, 0) is 31.2 Å². The minimum absolute atomic E-state index is 0.0295. The summed E-state index contributed by atoms with van der Waals surface area (Å²) in [6, 6.07) is 0. The molecule has 14 heavy (non-hydrogen) atoms. The number of nitrogens with one attached hydrogen (secondary N) is 1. The Balaban J connectivity index is 1.76. The first-order valence-corrected chi connectivity index (χ1v) is 6.25. The van der Waals surface area contributed by atoms with Crippen molar-refractivity contribution in [3.63, 3.8) is 0 Å². The van der Waals surface area contributed by atoms with Crippen LogP contribution in [0, 0.1) is 11.8 Å². The molecule has 2 fully saturated rings. The Morgan fingerprint density at radius 1 is 1.07 bits per heavy atom. The van der Waals surface area contributed by atoms with Gasteiger partial charge >= 0.3 is 0 Å². The van der Waals surface area contributed by atoms with E-state index in [-0.39, 0.29) is 6.10 Å². The van der Waals surface area contributed by atoms with E-state index in [0.717, 1.165) is 25.4 Å². The summed E-state index contributed by atoms with van der Waals surface area (Å²) in [6.07, 6.45) is 9.26. The largest absolute Gasteiger partial charge is 0.393 e. The number of hydrogen-bond donors (Lipinski definition) is 2. The first-order valence-electron chi connectivity index (χ1n) is 6.25. The van der Waals surface area contributed by atoms with E-state index in [1.807, 2.05) is 0 Å². The van der Waals surface area contributed by atoms with Gasteiger partial charge in [0.05, 0.1) is 6.10 Å². The van der Waals surface area contributed by atoms with Gasteiger partial charge in [-0.3, -0.25) is 0 Å². The normalized spacial score (nSPS) is 35.8. The average Bonchev–Trinajstić information content (AvgIpc) is 2.23. The van der Waals surface area contributed by atoms with Crippen molar-refractivity contribution >= 4 is 0 Å². The Hall–Kier alpha value is -0.0800. The molecule has 1 saturated heterocycles. The third-order valence-electron chi connectivity index (χ3n) is 3.93. The van der Waals surface area contributed by atoms with E-state index in [9.17, 15) is 5.11 Å². The van der Waals surface area contributed by atoms with E-state index in [1.54, 1.807) is 0 Å². The second-order valence-corrected chi connectivity index (χ2v) is 5.06. The molecule has 1 aliphatic heterocycles. The molecule has 2 N–H and O–H groups in total. The van der Waals surface area contributed by atoms with Crippen LogP contribution in [0.25, 0.3) is 0 Å². The molecule has 82 valence electrons. The second-order valence-electron chi connectivity index (χ2n) is 5.06. The minimum atomic E-state index is -0.0295. The Bertz CT molecular complexity index is 166. The van der Waals surface area contributed by atoms with Gasteiger partial charge in [0.25, 0.3) is 0 Å². The number of aliphatic hydroxyl groups is 1. The molecule has 2 aliphatic rings. The number of piperidine rings is 1. The van der Waals surface area contributed by atoms with Crippen LogP contribution in [0.5, 0.6) is 0 Å². The van der Waals surface area contributed by atoms with Crippen molar-refractivity contribution in [2.24, 2.45) is 11.8 Å². The topological polar surface area (TPSA) is 32.3 Å². The van der Waals surface area contributed by atoms with Gasteiger partial charge in [0.15, 0.2) is 0 Å². The predicted molar refractivity (Wildman–Crippen MR) is 58.2 cm³/mol. The van der Waals surface area contributed by atoms with Gasteiger partial charge in [-0.15, -0.1) is 0 Å². The zero-order valence-electron chi connectivity index (χ0n) is 9.04. The van der Waals surface area contributed by atoms with Gasteiger partial charge in [0, 0.05) is 6.54 Å². The molecule has 2 unspecified atom stereocenters. The quantitative estimate of drug-likeness (QED) is 0.709. The lowest BCUT2D eigenvalue weighted by Crippen LogP contribution is -2.40. The van der Waals surface area contributed by atoms with E-state index in [4.69, 9.17) is 0 Å². The summed E-state index contributed by atoms with van der Waals surface area (Å²) in [6.45, 7) is 2.04. The minimum Gasteiger partial charge on any atom is -0.393 e. The highest BCUT2D eigenvalue weighted by molar-refractivity contribution is 4.80. The average molecular weight is 197 g/mol. The van der Waals surface area contributed by atoms with E-state index in [1.165, 1.54) is 38.5 Å². The summed E-state index contributed by atoms with van der Waals surface area (Å²) in [5.41, 5.74) is 0. The first kappa shape index (κ1) is 10.4. The number of hydrogen-bond acceptors (Lipinski definition) is 2. The molecule has 1 aliphatic carbocycles. The summed E-state index contributed by atoms with van der Waals surface area (Å²) in [5, 5.41) is 13.3. The Morgan fingerprint density at radius 3 is 2.57 bits per heavy atom. The van der Waals surface area contributed by atoms with Crippen molar-refractivity contribution in [2.75, 3.05) is 13.1 Å². The zero-order chi connectivity index (χ0) is 9.80. The van der Waals surface area contributed by atoms with Gasteiger partial charge in [0.1, 0.15) is 0 Å². The molecule has 2 rings (SSSR count). The van der Waals surface area contributed by atoms with Crippen LogP contribution in [0.3, 0.4) is 0 Å². The Morgan fingerprint density at radius 2 is 1.86 bits per heavy atom. The van der Waals surface area contributed by atoms with Gasteiger partial charge in [-0.25, -0.2) is 0 Å². The lowest BCUT2D eigenvalue weighted by atomic mass is 9.80. The van der Waals surface area contributed by atoms with E-state index in [0.29, 0.717) is 5.92 Å². The van der Waals surface area contributed by atoms with Gasteiger partial charge in [-0.1, -0.05) is 32.1 Å². The first-order chi connectivity index (χ1) is 6.86. The molecule has 1 saturated carbocycles. The maximum Gasteiger partial charge on any atom is 0.0592 e. The second kappa shape index (κ2) is 5.13. The number of aliphatic hydroxyl groups excluding tert-OH is 1. The zero-order valence-corrected chi connectivity index (χ0v) is 9.04. The van der Waals surface area contributed by atoms with Crippen LogP contribution in [-0.2, 0) is 0 Å². The van der Waals surface area contributed by atoms with Crippen molar-refractivity contribution < 1.29 is 5.11 Å². The highest BCUT2D eigenvalue weighted by Crippen LogP contribution is 2.31. The van der Waals surface area contributed by atoms with Crippen LogP contribution >= 0.6 is 0 Å². The Kier molecular flexibility index (Phi) is 3.82. The van der Waals surface area contributed by atoms with E-state index >= 15 is 0 Å².